The van der Waals surface area contributed by atoms with Crippen molar-refractivity contribution < 1.29 is 19.7 Å². The molecule has 7 nitrogen and oxygen atoms in total. The molecule has 2 aromatic rings. The highest BCUT2D eigenvalue weighted by Gasteiger charge is 2.27. The van der Waals surface area contributed by atoms with E-state index in [-0.39, 0.29) is 12.5 Å². The number of carbonyl (C=O) groups excluding carboxylic acids is 1. The van der Waals surface area contributed by atoms with Crippen molar-refractivity contribution >= 4 is 5.91 Å². The maximum absolute atomic E-state index is 12.3. The number of nitrogens with one attached hydrogen (secondary N) is 1. The molecule has 2 saturated heterocycles. The normalized spacial score (nSPS) is 20.7. The predicted octanol–water partition coefficient (Wildman–Crippen LogP) is 2.25. The van der Waals surface area contributed by atoms with Gasteiger partial charge in [0.1, 0.15) is 12.0 Å². The number of aliphatic hydroxyl groups excluding tert-OH is 2. The van der Waals surface area contributed by atoms with Crippen LogP contribution in [0.15, 0.2) is 48.5 Å². The number of ether oxygens (including phenoxy) is 1. The Morgan fingerprint density at radius 3 is 2.64 bits per heavy atom. The number of amides is 1. The third kappa shape index (κ3) is 6.12. The highest BCUT2D eigenvalue weighted by molar-refractivity contribution is 5.78. The lowest BCUT2D eigenvalue weighted by Crippen LogP contribution is -2.36. The van der Waals surface area contributed by atoms with Gasteiger partial charge in [0, 0.05) is 32.7 Å². The van der Waals surface area contributed by atoms with Crippen LogP contribution in [0.25, 0.3) is 0 Å². The Bertz CT molecular complexity index is 929. The minimum Gasteiger partial charge on any atom is -0.484 e. The molecule has 0 saturated carbocycles. The first-order chi connectivity index (χ1) is 16.0. The second-order valence-electron chi connectivity index (χ2n) is 9.10. The maximum atomic E-state index is 12.3. The average Bonchev–Trinajstić information content (AvgIpc) is 3.29. The number of piperidine rings is 1. The van der Waals surface area contributed by atoms with Gasteiger partial charge in [-0.1, -0.05) is 36.4 Å². The van der Waals surface area contributed by atoms with Gasteiger partial charge >= 0.3 is 0 Å². The van der Waals surface area contributed by atoms with Gasteiger partial charge in [-0.2, -0.15) is 0 Å². The van der Waals surface area contributed by atoms with E-state index in [0.717, 1.165) is 38.0 Å². The SMILES string of the molecule is CNCc1cccc(C2CCN(C(O)c3cccc(OCC(=O)N4CC[C@@H](O)C4)c3)CC2)c1. The number of hydrogen-bond donors (Lipinski definition) is 3. The summed E-state index contributed by atoms with van der Waals surface area (Å²) in [5, 5.41) is 23.8. The number of rotatable bonds is 8. The Labute approximate surface area is 196 Å². The Hall–Kier alpha value is -2.45. The lowest BCUT2D eigenvalue weighted by molar-refractivity contribution is -0.132. The highest BCUT2D eigenvalue weighted by Crippen LogP contribution is 2.32. The molecule has 2 atom stereocenters. The molecule has 4 rings (SSSR count). The first-order valence-corrected chi connectivity index (χ1v) is 11.9. The van der Waals surface area contributed by atoms with Crippen molar-refractivity contribution in [2.24, 2.45) is 0 Å². The van der Waals surface area contributed by atoms with Crippen LogP contribution in [0.5, 0.6) is 5.75 Å². The van der Waals surface area contributed by atoms with E-state index in [1.165, 1.54) is 11.1 Å². The summed E-state index contributed by atoms with van der Waals surface area (Å²) >= 11 is 0. The zero-order valence-corrected chi connectivity index (χ0v) is 19.3. The number of hydrogen-bond acceptors (Lipinski definition) is 6. The fraction of sp³-hybridized carbons (Fsp3) is 0.500. The van der Waals surface area contributed by atoms with Crippen LogP contribution in [0.2, 0.25) is 0 Å². The van der Waals surface area contributed by atoms with Gasteiger partial charge in [-0.15, -0.1) is 0 Å². The molecule has 0 aliphatic carbocycles. The monoisotopic (exact) mass is 453 g/mol. The Kier molecular flexibility index (Phi) is 7.98. The van der Waals surface area contributed by atoms with E-state index in [9.17, 15) is 15.0 Å². The molecule has 3 N–H and O–H groups in total. The van der Waals surface area contributed by atoms with Gasteiger partial charge in [0.05, 0.1) is 6.10 Å². The lowest BCUT2D eigenvalue weighted by Gasteiger charge is -2.35. The summed E-state index contributed by atoms with van der Waals surface area (Å²) in [6, 6.07) is 16.1. The van der Waals surface area contributed by atoms with Gasteiger partial charge in [0.25, 0.3) is 5.91 Å². The van der Waals surface area contributed by atoms with E-state index in [2.05, 4.69) is 34.5 Å². The van der Waals surface area contributed by atoms with Gasteiger partial charge in [0.2, 0.25) is 0 Å². The van der Waals surface area contributed by atoms with E-state index < -0.39 is 12.3 Å². The molecule has 1 unspecified atom stereocenters. The van der Waals surface area contributed by atoms with Crippen LogP contribution in [0.1, 0.15) is 48.1 Å². The van der Waals surface area contributed by atoms with Crippen molar-refractivity contribution in [3.63, 3.8) is 0 Å². The largest absolute Gasteiger partial charge is 0.484 e. The summed E-state index contributed by atoms with van der Waals surface area (Å²) in [5.74, 6) is 0.948. The standard InChI is InChI=1S/C26H35N3O4/c1-27-16-19-4-2-5-21(14-19)20-8-11-28(12-9-20)26(32)22-6-3-7-24(15-22)33-18-25(31)29-13-10-23(30)17-29/h2-7,14-15,20,23,26-27,30,32H,8-13,16-18H2,1H3/t23-,26?/m1/s1. The quantitative estimate of drug-likeness (QED) is 0.569. The Morgan fingerprint density at radius 1 is 1.12 bits per heavy atom. The third-order valence-electron chi connectivity index (χ3n) is 6.71. The van der Waals surface area contributed by atoms with Crippen molar-refractivity contribution in [2.45, 2.75) is 44.1 Å². The van der Waals surface area contributed by atoms with Gasteiger partial charge in [-0.05, 0) is 61.1 Å². The molecule has 2 aliphatic heterocycles. The first kappa shape index (κ1) is 23.7. The molecule has 2 heterocycles. The van der Waals surface area contributed by atoms with Crippen LogP contribution >= 0.6 is 0 Å². The number of benzene rings is 2. The molecule has 1 amide bonds. The number of β-amino-alcohol motifs (C(OH)–C–C–N with tert-alkyl or cyclic N) is 1. The third-order valence-corrected chi connectivity index (χ3v) is 6.71. The van der Waals surface area contributed by atoms with Crippen LogP contribution in [-0.2, 0) is 11.3 Å². The van der Waals surface area contributed by atoms with E-state index in [1.54, 1.807) is 11.0 Å². The molecule has 178 valence electrons. The summed E-state index contributed by atoms with van der Waals surface area (Å²) in [5.41, 5.74) is 3.45. The number of aliphatic hydroxyl groups is 2. The molecule has 2 aromatic carbocycles. The van der Waals surface area contributed by atoms with Gasteiger partial charge < -0.3 is 25.2 Å². The second kappa shape index (κ2) is 11.1. The summed E-state index contributed by atoms with van der Waals surface area (Å²) in [7, 11) is 1.96. The average molecular weight is 454 g/mol. The molecule has 0 radical (unpaired) electrons. The van der Waals surface area contributed by atoms with E-state index in [0.29, 0.717) is 31.2 Å². The van der Waals surface area contributed by atoms with E-state index in [4.69, 9.17) is 4.74 Å². The predicted molar refractivity (Wildman–Crippen MR) is 127 cm³/mol. The molecule has 0 spiro atoms. The topological polar surface area (TPSA) is 85.3 Å². The first-order valence-electron chi connectivity index (χ1n) is 11.9. The van der Waals surface area contributed by atoms with Crippen molar-refractivity contribution in [3.8, 4) is 5.75 Å². The van der Waals surface area contributed by atoms with Crippen LogP contribution in [0, 0.1) is 0 Å². The highest BCUT2D eigenvalue weighted by atomic mass is 16.5. The molecule has 0 aromatic heterocycles. The zero-order valence-electron chi connectivity index (χ0n) is 19.3. The van der Waals surface area contributed by atoms with Crippen molar-refractivity contribution in [1.82, 2.24) is 15.1 Å². The van der Waals surface area contributed by atoms with Crippen molar-refractivity contribution in [2.75, 3.05) is 39.8 Å². The van der Waals surface area contributed by atoms with E-state index >= 15 is 0 Å². The molecule has 0 bridgehead atoms. The summed E-state index contributed by atoms with van der Waals surface area (Å²) in [4.78, 5) is 16.0. The van der Waals surface area contributed by atoms with Crippen LogP contribution in [0.3, 0.4) is 0 Å². The van der Waals surface area contributed by atoms with Gasteiger partial charge in [-0.25, -0.2) is 0 Å². The molecule has 7 heteroatoms. The van der Waals surface area contributed by atoms with Gasteiger partial charge in [-0.3, -0.25) is 9.69 Å². The molecular formula is C26H35N3O4. The Morgan fingerprint density at radius 2 is 1.91 bits per heavy atom. The molecular weight excluding hydrogens is 418 g/mol. The van der Waals surface area contributed by atoms with Crippen molar-refractivity contribution in [3.05, 3.63) is 65.2 Å². The van der Waals surface area contributed by atoms with Crippen LogP contribution in [0.4, 0.5) is 0 Å². The zero-order chi connectivity index (χ0) is 23.2. The number of nitrogens with zero attached hydrogens (tertiary/aromatic N) is 2. The molecule has 33 heavy (non-hydrogen) atoms. The Balaban J connectivity index is 1.30. The van der Waals surface area contributed by atoms with Crippen LogP contribution in [-0.4, -0.2) is 71.9 Å². The molecule has 2 aliphatic rings. The van der Waals surface area contributed by atoms with Crippen molar-refractivity contribution in [1.29, 1.82) is 0 Å². The summed E-state index contributed by atoms with van der Waals surface area (Å²) in [6.45, 7) is 3.39. The number of carbonyl (C=O) groups is 1. The minimum absolute atomic E-state index is 0.0652. The maximum Gasteiger partial charge on any atom is 0.260 e. The fourth-order valence-corrected chi connectivity index (χ4v) is 4.82. The van der Waals surface area contributed by atoms with Crippen LogP contribution < -0.4 is 10.1 Å². The smallest absolute Gasteiger partial charge is 0.260 e. The fourth-order valence-electron chi connectivity index (χ4n) is 4.82. The minimum atomic E-state index is -0.699. The lowest BCUT2D eigenvalue weighted by atomic mass is 9.88. The molecule has 2 fully saturated rings. The van der Waals surface area contributed by atoms with Gasteiger partial charge in [0.15, 0.2) is 6.61 Å². The number of likely N-dealkylation sites (tertiary alicyclic amines) is 2. The summed E-state index contributed by atoms with van der Waals surface area (Å²) in [6.07, 6.45) is 1.49. The van der Waals surface area contributed by atoms with E-state index in [1.807, 2.05) is 25.2 Å². The second-order valence-corrected chi connectivity index (χ2v) is 9.10. The summed E-state index contributed by atoms with van der Waals surface area (Å²) < 4.78 is 5.69.